The van der Waals surface area contributed by atoms with Gasteiger partial charge in [-0.15, -0.1) is 0 Å². The van der Waals surface area contributed by atoms with Crippen LogP contribution < -0.4 is 14.4 Å². The van der Waals surface area contributed by atoms with Crippen LogP contribution >= 0.6 is 0 Å². The topological polar surface area (TPSA) is 99.2 Å². The zero-order chi connectivity index (χ0) is 24.3. The van der Waals surface area contributed by atoms with E-state index in [1.165, 1.54) is 4.90 Å². The largest absolute Gasteiger partial charge is 0.491 e. The minimum atomic E-state index is -3.24. The number of amides is 1. The highest BCUT2D eigenvalue weighted by Crippen LogP contribution is 2.41. The molecule has 1 fully saturated rings. The molecule has 2 N–H and O–H groups in total. The van der Waals surface area contributed by atoms with Crippen molar-refractivity contribution in [3.05, 3.63) is 59.7 Å². The molecular weight excluding hydrogens is 454 g/mol. The third-order valence-electron chi connectivity index (χ3n) is 6.62. The molecule has 2 aliphatic heterocycles. The maximum absolute atomic E-state index is 12.1. The summed E-state index contributed by atoms with van der Waals surface area (Å²) in [6.45, 7) is 5.60. The SMILES string of the molecule is CCCS(=O)(=O)NC1CN(c2ccc3c(c2)C(Cc2ccccc2)C(N(CC)C(=O)O)CO3)C1. The third kappa shape index (κ3) is 5.31. The van der Waals surface area contributed by atoms with Crippen molar-refractivity contribution < 1.29 is 23.1 Å². The average molecular weight is 488 g/mol. The summed E-state index contributed by atoms with van der Waals surface area (Å²) in [5.74, 6) is 0.866. The summed E-state index contributed by atoms with van der Waals surface area (Å²) >= 11 is 0. The summed E-state index contributed by atoms with van der Waals surface area (Å²) < 4.78 is 32.9. The Kier molecular flexibility index (Phi) is 7.33. The zero-order valence-electron chi connectivity index (χ0n) is 19.7. The van der Waals surface area contributed by atoms with E-state index in [0.29, 0.717) is 39.1 Å². The Balaban J connectivity index is 1.58. The number of hydrogen-bond donors (Lipinski definition) is 2. The summed E-state index contributed by atoms with van der Waals surface area (Å²) in [7, 11) is -3.24. The number of benzene rings is 2. The molecule has 2 unspecified atom stereocenters. The average Bonchev–Trinajstić information content (AvgIpc) is 2.78. The Labute approximate surface area is 201 Å². The standard InChI is InChI=1S/C25H33N3O5S/c1-3-12-34(31,32)26-19-15-27(16-19)20-10-11-24-22(14-20)21(13-18-8-6-5-7-9-18)23(17-33-24)28(4-2)25(29)30/h5-11,14,19,21,23,26H,3-4,12-13,15-17H2,1-2H3,(H,29,30). The predicted molar refractivity (Wildman–Crippen MR) is 132 cm³/mol. The first kappa shape index (κ1) is 24.3. The fraction of sp³-hybridized carbons (Fsp3) is 0.480. The Hall–Kier alpha value is -2.78. The van der Waals surface area contributed by atoms with Gasteiger partial charge in [0.05, 0.1) is 17.8 Å². The van der Waals surface area contributed by atoms with Crippen molar-refractivity contribution in [1.82, 2.24) is 9.62 Å². The highest BCUT2D eigenvalue weighted by Gasteiger charge is 2.38. The molecule has 0 bridgehead atoms. The molecule has 2 aromatic carbocycles. The summed E-state index contributed by atoms with van der Waals surface area (Å²) in [5.41, 5.74) is 3.13. The van der Waals surface area contributed by atoms with E-state index in [4.69, 9.17) is 4.74 Å². The maximum atomic E-state index is 12.1. The molecule has 2 atom stereocenters. The van der Waals surface area contributed by atoms with E-state index < -0.39 is 16.1 Å². The zero-order valence-corrected chi connectivity index (χ0v) is 20.5. The second-order valence-electron chi connectivity index (χ2n) is 9.00. The normalized spacial score (nSPS) is 20.2. The lowest BCUT2D eigenvalue weighted by molar-refractivity contribution is 0.0850. The minimum Gasteiger partial charge on any atom is -0.491 e. The molecule has 0 aliphatic carbocycles. The summed E-state index contributed by atoms with van der Waals surface area (Å²) in [6, 6.07) is 15.7. The van der Waals surface area contributed by atoms with Crippen molar-refractivity contribution in [3.63, 3.8) is 0 Å². The van der Waals surface area contributed by atoms with Gasteiger partial charge in [-0.05, 0) is 43.5 Å². The molecule has 2 aromatic rings. The number of anilines is 1. The van der Waals surface area contributed by atoms with Crippen LogP contribution in [0, 0.1) is 0 Å². The van der Waals surface area contributed by atoms with E-state index in [-0.39, 0.29) is 23.8 Å². The second kappa shape index (κ2) is 10.2. The molecule has 1 amide bonds. The summed E-state index contributed by atoms with van der Waals surface area (Å²) in [5, 5.41) is 9.81. The summed E-state index contributed by atoms with van der Waals surface area (Å²) in [6.07, 6.45) is 0.346. The Bertz CT molecular complexity index is 1100. The maximum Gasteiger partial charge on any atom is 0.407 e. The van der Waals surface area contributed by atoms with E-state index in [1.807, 2.05) is 44.2 Å². The van der Waals surface area contributed by atoms with Crippen LogP contribution in [0.25, 0.3) is 0 Å². The van der Waals surface area contributed by atoms with Crippen molar-refractivity contribution >= 4 is 21.8 Å². The Morgan fingerprint density at radius 3 is 2.56 bits per heavy atom. The molecule has 4 rings (SSSR count). The number of nitrogens with one attached hydrogen (secondary N) is 1. The minimum absolute atomic E-state index is 0.0534. The van der Waals surface area contributed by atoms with Crippen LogP contribution in [0.3, 0.4) is 0 Å². The van der Waals surface area contributed by atoms with Gasteiger partial charge in [-0.25, -0.2) is 17.9 Å². The van der Waals surface area contributed by atoms with Gasteiger partial charge in [-0.3, -0.25) is 0 Å². The molecule has 1 saturated heterocycles. The van der Waals surface area contributed by atoms with Gasteiger partial charge in [0.1, 0.15) is 12.4 Å². The van der Waals surface area contributed by atoms with Gasteiger partial charge in [0.15, 0.2) is 0 Å². The van der Waals surface area contributed by atoms with Crippen molar-refractivity contribution in [3.8, 4) is 5.75 Å². The highest BCUT2D eigenvalue weighted by atomic mass is 32.2. The van der Waals surface area contributed by atoms with Gasteiger partial charge in [0, 0.05) is 36.8 Å². The first-order valence-corrected chi connectivity index (χ1v) is 13.5. The first-order chi connectivity index (χ1) is 16.3. The number of sulfonamides is 1. The van der Waals surface area contributed by atoms with Gasteiger partial charge < -0.3 is 19.6 Å². The van der Waals surface area contributed by atoms with Crippen LogP contribution in [0.5, 0.6) is 5.75 Å². The van der Waals surface area contributed by atoms with Crippen molar-refractivity contribution in [1.29, 1.82) is 0 Å². The van der Waals surface area contributed by atoms with Crippen LogP contribution in [0.1, 0.15) is 37.3 Å². The van der Waals surface area contributed by atoms with Gasteiger partial charge >= 0.3 is 6.09 Å². The molecule has 0 aromatic heterocycles. The van der Waals surface area contributed by atoms with E-state index in [2.05, 4.69) is 27.8 Å². The quantitative estimate of drug-likeness (QED) is 0.563. The number of fused-ring (bicyclic) bond motifs is 1. The molecule has 184 valence electrons. The van der Waals surface area contributed by atoms with Gasteiger partial charge in [-0.1, -0.05) is 37.3 Å². The molecule has 0 radical (unpaired) electrons. The smallest absolute Gasteiger partial charge is 0.407 e. The lowest BCUT2D eigenvalue weighted by atomic mass is 9.83. The van der Waals surface area contributed by atoms with Gasteiger partial charge in [0.2, 0.25) is 10.0 Å². The Morgan fingerprint density at radius 1 is 1.18 bits per heavy atom. The number of nitrogens with zero attached hydrogens (tertiary/aromatic N) is 2. The van der Waals surface area contributed by atoms with Crippen molar-refractivity contribution in [2.75, 3.05) is 36.9 Å². The fourth-order valence-corrected chi connectivity index (χ4v) is 6.24. The number of ether oxygens (including phenoxy) is 1. The lowest BCUT2D eigenvalue weighted by Gasteiger charge is -2.43. The van der Waals surface area contributed by atoms with E-state index in [0.717, 1.165) is 22.6 Å². The fourth-order valence-electron chi connectivity index (χ4n) is 4.93. The molecule has 9 heteroatoms. The van der Waals surface area contributed by atoms with Crippen LogP contribution in [0.2, 0.25) is 0 Å². The van der Waals surface area contributed by atoms with E-state index >= 15 is 0 Å². The molecule has 34 heavy (non-hydrogen) atoms. The van der Waals surface area contributed by atoms with Crippen LogP contribution in [-0.2, 0) is 16.4 Å². The van der Waals surface area contributed by atoms with Crippen LogP contribution in [0.4, 0.5) is 10.5 Å². The molecule has 8 nitrogen and oxygen atoms in total. The van der Waals surface area contributed by atoms with Crippen LogP contribution in [-0.4, -0.2) is 68.6 Å². The third-order valence-corrected chi connectivity index (χ3v) is 8.26. The second-order valence-corrected chi connectivity index (χ2v) is 10.9. The van der Waals surface area contributed by atoms with Crippen molar-refractivity contribution in [2.45, 2.75) is 44.7 Å². The number of hydrogen-bond acceptors (Lipinski definition) is 5. The predicted octanol–water partition coefficient (Wildman–Crippen LogP) is 3.29. The van der Waals surface area contributed by atoms with Gasteiger partial charge in [0.25, 0.3) is 0 Å². The molecule has 0 spiro atoms. The first-order valence-electron chi connectivity index (χ1n) is 11.9. The molecule has 2 aliphatic rings. The monoisotopic (exact) mass is 487 g/mol. The number of carboxylic acid groups (broad SMARTS) is 1. The van der Waals surface area contributed by atoms with Crippen molar-refractivity contribution in [2.24, 2.45) is 0 Å². The Morgan fingerprint density at radius 2 is 1.91 bits per heavy atom. The van der Waals surface area contributed by atoms with Crippen LogP contribution in [0.15, 0.2) is 48.5 Å². The number of rotatable bonds is 9. The van der Waals surface area contributed by atoms with E-state index in [1.54, 1.807) is 0 Å². The lowest BCUT2D eigenvalue weighted by Crippen LogP contribution is -2.59. The number of likely N-dealkylation sites (N-methyl/N-ethyl adjacent to an activating group) is 1. The van der Waals surface area contributed by atoms with Gasteiger partial charge in [-0.2, -0.15) is 0 Å². The highest BCUT2D eigenvalue weighted by molar-refractivity contribution is 7.89. The molecule has 0 saturated carbocycles. The summed E-state index contributed by atoms with van der Waals surface area (Å²) in [4.78, 5) is 15.6. The molecule has 2 heterocycles. The molecular formula is C25H33N3O5S. The van der Waals surface area contributed by atoms with E-state index in [9.17, 15) is 18.3 Å². The number of carbonyl (C=O) groups is 1.